The van der Waals surface area contributed by atoms with Gasteiger partial charge in [-0.15, -0.1) is 0 Å². The van der Waals surface area contributed by atoms with Gasteiger partial charge in [-0.2, -0.15) is 5.10 Å². The predicted molar refractivity (Wildman–Crippen MR) is 83.4 cm³/mol. The Bertz CT molecular complexity index is 803. The zero-order valence-electron chi connectivity index (χ0n) is 11.2. The third-order valence-electron chi connectivity index (χ3n) is 2.98. The Morgan fingerprint density at radius 2 is 1.95 bits per heavy atom. The highest BCUT2D eigenvalue weighted by Gasteiger charge is 2.12. The van der Waals surface area contributed by atoms with Crippen molar-refractivity contribution in [3.05, 3.63) is 71.0 Å². The van der Waals surface area contributed by atoms with Crippen molar-refractivity contribution in [1.82, 2.24) is 14.8 Å². The maximum atomic E-state index is 13.7. The molecule has 0 aliphatic carbocycles. The quantitative estimate of drug-likeness (QED) is 0.778. The van der Waals surface area contributed by atoms with Crippen LogP contribution in [-0.2, 0) is 0 Å². The SMILES string of the molecule is O=C(Nc1ccc(-n2cncn2)cc1)c1cc(Br)ccc1F. The zero-order chi connectivity index (χ0) is 15.5. The number of carbonyl (C=O) groups excluding carboxylic acids is 1. The van der Waals surface area contributed by atoms with Crippen LogP contribution >= 0.6 is 15.9 Å². The standard InChI is InChI=1S/C15H10BrFN4O/c16-10-1-6-14(17)13(7-10)15(22)20-11-2-4-12(5-3-11)21-9-18-8-19-21/h1-9H,(H,20,22). The molecule has 3 rings (SSSR count). The summed E-state index contributed by atoms with van der Waals surface area (Å²) < 4.78 is 15.9. The van der Waals surface area contributed by atoms with Gasteiger partial charge >= 0.3 is 0 Å². The third kappa shape index (κ3) is 3.04. The summed E-state index contributed by atoms with van der Waals surface area (Å²) in [4.78, 5) is 16.0. The third-order valence-corrected chi connectivity index (χ3v) is 3.47. The highest BCUT2D eigenvalue weighted by molar-refractivity contribution is 9.10. The minimum atomic E-state index is -0.570. The monoisotopic (exact) mass is 360 g/mol. The van der Waals surface area contributed by atoms with E-state index in [1.807, 2.05) is 0 Å². The van der Waals surface area contributed by atoms with Gasteiger partial charge in [-0.3, -0.25) is 4.79 Å². The summed E-state index contributed by atoms with van der Waals surface area (Å²) >= 11 is 3.22. The molecule has 5 nitrogen and oxygen atoms in total. The van der Waals surface area contributed by atoms with Gasteiger partial charge in [-0.25, -0.2) is 14.1 Å². The van der Waals surface area contributed by atoms with E-state index >= 15 is 0 Å². The van der Waals surface area contributed by atoms with Gasteiger partial charge in [0, 0.05) is 10.2 Å². The fraction of sp³-hybridized carbons (Fsp3) is 0. The molecule has 0 atom stereocenters. The maximum absolute atomic E-state index is 13.7. The number of hydrogen-bond acceptors (Lipinski definition) is 3. The lowest BCUT2D eigenvalue weighted by atomic mass is 10.2. The van der Waals surface area contributed by atoms with Crippen LogP contribution in [-0.4, -0.2) is 20.7 Å². The molecule has 22 heavy (non-hydrogen) atoms. The first-order valence-corrected chi connectivity index (χ1v) is 7.14. The Balaban J connectivity index is 1.78. The number of anilines is 1. The van der Waals surface area contributed by atoms with Gasteiger partial charge in [0.2, 0.25) is 0 Å². The van der Waals surface area contributed by atoms with Crippen LogP contribution in [0.25, 0.3) is 5.69 Å². The second-order valence-electron chi connectivity index (χ2n) is 4.47. The average molecular weight is 361 g/mol. The van der Waals surface area contributed by atoms with Gasteiger partial charge in [0.25, 0.3) is 5.91 Å². The van der Waals surface area contributed by atoms with E-state index in [2.05, 4.69) is 31.3 Å². The minimum absolute atomic E-state index is 0.0188. The summed E-state index contributed by atoms with van der Waals surface area (Å²) in [5.74, 6) is -1.08. The molecule has 0 aliphatic heterocycles. The van der Waals surface area contributed by atoms with Crippen LogP contribution in [0.4, 0.5) is 10.1 Å². The van der Waals surface area contributed by atoms with E-state index in [-0.39, 0.29) is 5.56 Å². The number of amides is 1. The molecule has 0 saturated carbocycles. The van der Waals surface area contributed by atoms with E-state index in [4.69, 9.17) is 0 Å². The summed E-state index contributed by atoms with van der Waals surface area (Å²) in [6.45, 7) is 0. The van der Waals surface area contributed by atoms with Crippen molar-refractivity contribution in [2.45, 2.75) is 0 Å². The van der Waals surface area contributed by atoms with Gasteiger partial charge in [-0.1, -0.05) is 15.9 Å². The van der Waals surface area contributed by atoms with E-state index in [1.54, 1.807) is 41.3 Å². The molecular weight excluding hydrogens is 351 g/mol. The topological polar surface area (TPSA) is 59.8 Å². The molecule has 0 spiro atoms. The van der Waals surface area contributed by atoms with E-state index in [9.17, 15) is 9.18 Å². The summed E-state index contributed by atoms with van der Waals surface area (Å²) in [5.41, 5.74) is 1.35. The highest BCUT2D eigenvalue weighted by Crippen LogP contribution is 2.18. The van der Waals surface area contributed by atoms with Crippen LogP contribution < -0.4 is 5.32 Å². The summed E-state index contributed by atoms with van der Waals surface area (Å²) in [6.07, 6.45) is 3.01. The molecule has 0 radical (unpaired) electrons. The van der Waals surface area contributed by atoms with Crippen molar-refractivity contribution in [2.75, 3.05) is 5.32 Å². The molecule has 1 aromatic heterocycles. The smallest absolute Gasteiger partial charge is 0.258 e. The van der Waals surface area contributed by atoms with Gasteiger partial charge in [0.05, 0.1) is 11.3 Å². The van der Waals surface area contributed by atoms with Crippen molar-refractivity contribution < 1.29 is 9.18 Å². The van der Waals surface area contributed by atoms with Gasteiger partial charge in [-0.05, 0) is 42.5 Å². The van der Waals surface area contributed by atoms with Crippen LogP contribution in [0.5, 0.6) is 0 Å². The van der Waals surface area contributed by atoms with Crippen molar-refractivity contribution in [3.8, 4) is 5.69 Å². The summed E-state index contributed by atoms with van der Waals surface area (Å²) in [5, 5.41) is 6.66. The fourth-order valence-electron chi connectivity index (χ4n) is 1.91. The lowest BCUT2D eigenvalue weighted by molar-refractivity contribution is 0.102. The Labute approximate surface area is 133 Å². The molecular formula is C15H10BrFN4O. The predicted octanol–water partition coefficient (Wildman–Crippen LogP) is 3.42. The molecule has 1 heterocycles. The Kier molecular flexibility index (Phi) is 3.97. The molecule has 7 heteroatoms. The number of halogens is 2. The summed E-state index contributed by atoms with van der Waals surface area (Å²) in [6, 6.07) is 11.2. The number of aromatic nitrogens is 3. The largest absolute Gasteiger partial charge is 0.322 e. The van der Waals surface area contributed by atoms with Crippen molar-refractivity contribution in [1.29, 1.82) is 0 Å². The van der Waals surface area contributed by atoms with Crippen molar-refractivity contribution in [2.24, 2.45) is 0 Å². The van der Waals surface area contributed by atoms with Crippen LogP contribution in [0.15, 0.2) is 59.6 Å². The average Bonchev–Trinajstić information content (AvgIpc) is 3.05. The fourth-order valence-corrected chi connectivity index (χ4v) is 2.27. The van der Waals surface area contributed by atoms with Crippen LogP contribution in [0.2, 0.25) is 0 Å². The number of hydrogen-bond donors (Lipinski definition) is 1. The number of nitrogens with one attached hydrogen (secondary N) is 1. The molecule has 0 saturated heterocycles. The molecule has 2 aromatic carbocycles. The van der Waals surface area contributed by atoms with E-state index in [1.165, 1.54) is 18.5 Å². The van der Waals surface area contributed by atoms with E-state index in [0.717, 1.165) is 5.69 Å². The van der Waals surface area contributed by atoms with Crippen molar-refractivity contribution in [3.63, 3.8) is 0 Å². The lowest BCUT2D eigenvalue weighted by Crippen LogP contribution is -2.13. The first-order chi connectivity index (χ1) is 10.6. The van der Waals surface area contributed by atoms with E-state index < -0.39 is 11.7 Å². The number of nitrogens with zero attached hydrogens (tertiary/aromatic N) is 3. The van der Waals surface area contributed by atoms with Gasteiger partial charge in [0.15, 0.2) is 0 Å². The summed E-state index contributed by atoms with van der Waals surface area (Å²) in [7, 11) is 0. The minimum Gasteiger partial charge on any atom is -0.322 e. The molecule has 0 aliphatic rings. The first kappa shape index (κ1) is 14.4. The maximum Gasteiger partial charge on any atom is 0.258 e. The normalized spacial score (nSPS) is 10.5. The molecule has 0 bridgehead atoms. The molecule has 3 aromatic rings. The second-order valence-corrected chi connectivity index (χ2v) is 5.38. The van der Waals surface area contributed by atoms with Gasteiger partial charge in [0.1, 0.15) is 18.5 Å². The molecule has 0 unspecified atom stereocenters. The molecule has 1 amide bonds. The highest BCUT2D eigenvalue weighted by atomic mass is 79.9. The van der Waals surface area contributed by atoms with Crippen LogP contribution in [0.3, 0.4) is 0 Å². The van der Waals surface area contributed by atoms with Crippen LogP contribution in [0, 0.1) is 5.82 Å². The zero-order valence-corrected chi connectivity index (χ0v) is 12.8. The Hall–Kier alpha value is -2.54. The number of rotatable bonds is 3. The number of benzene rings is 2. The van der Waals surface area contributed by atoms with Gasteiger partial charge < -0.3 is 5.32 Å². The Morgan fingerprint density at radius 3 is 2.64 bits per heavy atom. The molecule has 110 valence electrons. The van der Waals surface area contributed by atoms with Crippen molar-refractivity contribution >= 4 is 27.5 Å². The second kappa shape index (κ2) is 6.07. The van der Waals surface area contributed by atoms with Crippen LogP contribution in [0.1, 0.15) is 10.4 Å². The lowest BCUT2D eigenvalue weighted by Gasteiger charge is -2.07. The Morgan fingerprint density at radius 1 is 1.18 bits per heavy atom. The molecule has 1 N–H and O–H groups in total. The first-order valence-electron chi connectivity index (χ1n) is 6.35. The number of carbonyl (C=O) groups is 1. The molecule has 0 fully saturated rings. The van der Waals surface area contributed by atoms with E-state index in [0.29, 0.717) is 10.2 Å².